The van der Waals surface area contributed by atoms with Crippen molar-refractivity contribution in [3.05, 3.63) is 29.8 Å². The predicted octanol–water partition coefficient (Wildman–Crippen LogP) is 1.19. The topological polar surface area (TPSA) is 60.1 Å². The molecular weight excluding hydrogens is 242 g/mol. The van der Waals surface area contributed by atoms with Crippen molar-refractivity contribution in [2.24, 2.45) is 10.7 Å². The van der Waals surface area contributed by atoms with Gasteiger partial charge in [-0.15, -0.1) is 0 Å². The molecule has 5 heteroatoms. The molecule has 1 heterocycles. The average molecular weight is 263 g/mol. The zero-order chi connectivity index (χ0) is 13.9. The number of benzene rings is 1. The number of nitrogens with zero attached hydrogens (tertiary/aromatic N) is 2. The Morgan fingerprint density at radius 1 is 1.37 bits per heavy atom. The van der Waals surface area contributed by atoms with Gasteiger partial charge in [-0.1, -0.05) is 18.2 Å². The first-order valence-corrected chi connectivity index (χ1v) is 6.33. The number of hydrogen-bond acceptors (Lipinski definition) is 5. The Bertz CT molecular complexity index is 476. The molecule has 2 rings (SSSR count). The Labute approximate surface area is 114 Å². The Balaban J connectivity index is 2.35. The maximum Gasteiger partial charge on any atom is 0.192 e. The highest BCUT2D eigenvalue weighted by molar-refractivity contribution is 5.81. The Hall–Kier alpha value is -1.75. The van der Waals surface area contributed by atoms with Crippen molar-refractivity contribution in [3.8, 4) is 5.75 Å². The van der Waals surface area contributed by atoms with Gasteiger partial charge in [0.1, 0.15) is 5.75 Å². The molecule has 1 aliphatic rings. The van der Waals surface area contributed by atoms with Gasteiger partial charge >= 0.3 is 0 Å². The molecule has 1 unspecified atom stereocenters. The fraction of sp³-hybridized carbons (Fsp3) is 0.500. The number of guanidine groups is 1. The first kappa shape index (κ1) is 13.7. The number of para-hydroxylation sites is 1. The summed E-state index contributed by atoms with van der Waals surface area (Å²) in [5.74, 6) is 1.42. The zero-order valence-electron chi connectivity index (χ0n) is 11.7. The van der Waals surface area contributed by atoms with Gasteiger partial charge in [-0.2, -0.15) is 0 Å². The summed E-state index contributed by atoms with van der Waals surface area (Å²) in [7, 11) is 3.37. The van der Waals surface area contributed by atoms with Gasteiger partial charge in [-0.05, 0) is 13.0 Å². The molecule has 0 radical (unpaired) electrons. The largest absolute Gasteiger partial charge is 0.496 e. The number of ether oxygens (including phenoxy) is 2. The van der Waals surface area contributed by atoms with Crippen molar-refractivity contribution < 1.29 is 9.47 Å². The van der Waals surface area contributed by atoms with E-state index in [-0.39, 0.29) is 5.54 Å². The summed E-state index contributed by atoms with van der Waals surface area (Å²) in [5.41, 5.74) is 6.82. The normalized spacial score (nSPS) is 22.5. The van der Waals surface area contributed by atoms with Crippen LogP contribution >= 0.6 is 0 Å². The number of methoxy groups -OCH3 is 2. The highest BCUT2D eigenvalue weighted by Gasteiger charge is 2.41. The van der Waals surface area contributed by atoms with E-state index in [9.17, 15) is 0 Å². The molecule has 2 N–H and O–H groups in total. The van der Waals surface area contributed by atoms with Crippen molar-refractivity contribution in [1.82, 2.24) is 4.90 Å². The fourth-order valence-corrected chi connectivity index (χ4v) is 2.52. The van der Waals surface area contributed by atoms with Crippen molar-refractivity contribution >= 4 is 5.96 Å². The van der Waals surface area contributed by atoms with Gasteiger partial charge in [0.05, 0.1) is 25.8 Å². The lowest BCUT2D eigenvalue weighted by atomic mass is 9.90. The minimum atomic E-state index is -0.283. The van der Waals surface area contributed by atoms with Gasteiger partial charge in [0, 0.05) is 19.2 Å². The van der Waals surface area contributed by atoms with Gasteiger partial charge in [0.2, 0.25) is 0 Å². The smallest absolute Gasteiger partial charge is 0.192 e. The number of nitrogens with two attached hydrogens (primary N) is 1. The lowest BCUT2D eigenvalue weighted by molar-refractivity contribution is 0.135. The van der Waals surface area contributed by atoms with E-state index in [1.807, 2.05) is 18.2 Å². The van der Waals surface area contributed by atoms with Gasteiger partial charge in [0.25, 0.3) is 0 Å². The van der Waals surface area contributed by atoms with E-state index < -0.39 is 0 Å². The maximum absolute atomic E-state index is 6.00. The van der Waals surface area contributed by atoms with Crippen LogP contribution in [0.4, 0.5) is 0 Å². The van der Waals surface area contributed by atoms with Gasteiger partial charge in [0.15, 0.2) is 5.96 Å². The predicted molar refractivity (Wildman–Crippen MR) is 75.4 cm³/mol. The highest BCUT2D eigenvalue weighted by Crippen LogP contribution is 2.37. The summed E-state index contributed by atoms with van der Waals surface area (Å²) >= 11 is 0. The summed E-state index contributed by atoms with van der Waals surface area (Å²) in [6.07, 6.45) is 0. The van der Waals surface area contributed by atoms with Crippen LogP contribution in [-0.4, -0.2) is 44.8 Å². The summed E-state index contributed by atoms with van der Waals surface area (Å²) < 4.78 is 10.6. The molecule has 0 aliphatic carbocycles. The van der Waals surface area contributed by atoms with E-state index in [4.69, 9.17) is 15.2 Å². The molecule has 1 aromatic carbocycles. The minimum absolute atomic E-state index is 0.283. The first-order chi connectivity index (χ1) is 9.13. The molecule has 0 amide bonds. The van der Waals surface area contributed by atoms with E-state index in [2.05, 4.69) is 22.9 Å². The fourth-order valence-electron chi connectivity index (χ4n) is 2.52. The monoisotopic (exact) mass is 263 g/mol. The van der Waals surface area contributed by atoms with Crippen LogP contribution in [0.5, 0.6) is 5.75 Å². The summed E-state index contributed by atoms with van der Waals surface area (Å²) in [5, 5.41) is 0. The summed E-state index contributed by atoms with van der Waals surface area (Å²) in [6, 6.07) is 7.99. The van der Waals surface area contributed by atoms with Crippen molar-refractivity contribution in [3.63, 3.8) is 0 Å². The lowest BCUT2D eigenvalue weighted by Crippen LogP contribution is -2.48. The van der Waals surface area contributed by atoms with Crippen LogP contribution < -0.4 is 10.5 Å². The Kier molecular flexibility index (Phi) is 3.95. The first-order valence-electron chi connectivity index (χ1n) is 6.33. The third-order valence-electron chi connectivity index (χ3n) is 3.63. The summed E-state index contributed by atoms with van der Waals surface area (Å²) in [6.45, 7) is 4.08. The van der Waals surface area contributed by atoms with Gasteiger partial charge in [-0.25, -0.2) is 0 Å². The standard InChI is InChI=1S/C14H21N3O2/c1-14(11-6-4-5-7-12(11)19-3)10-16-13(15)17(14)8-9-18-2/h4-7H,8-10H2,1-3H3,(H2,15,16). The molecule has 19 heavy (non-hydrogen) atoms. The second-order valence-electron chi connectivity index (χ2n) is 4.79. The van der Waals surface area contributed by atoms with Gasteiger partial charge in [-0.3, -0.25) is 4.99 Å². The van der Waals surface area contributed by atoms with Crippen LogP contribution in [-0.2, 0) is 10.3 Å². The number of aliphatic imine (C=N–C) groups is 1. The average Bonchev–Trinajstić information content (AvgIpc) is 2.73. The molecule has 1 atom stereocenters. The zero-order valence-corrected chi connectivity index (χ0v) is 11.7. The van der Waals surface area contributed by atoms with Crippen LogP contribution in [0.15, 0.2) is 29.3 Å². The van der Waals surface area contributed by atoms with Crippen LogP contribution in [0.1, 0.15) is 12.5 Å². The lowest BCUT2D eigenvalue weighted by Gasteiger charge is -2.37. The molecule has 104 valence electrons. The second kappa shape index (κ2) is 5.48. The number of hydrogen-bond donors (Lipinski definition) is 1. The van der Waals surface area contributed by atoms with Crippen molar-refractivity contribution in [1.29, 1.82) is 0 Å². The Morgan fingerprint density at radius 2 is 2.11 bits per heavy atom. The van der Waals surface area contributed by atoms with E-state index in [0.29, 0.717) is 25.7 Å². The van der Waals surface area contributed by atoms with Crippen molar-refractivity contribution in [2.75, 3.05) is 33.9 Å². The maximum atomic E-state index is 6.00. The molecule has 0 saturated carbocycles. The molecule has 5 nitrogen and oxygen atoms in total. The second-order valence-corrected chi connectivity index (χ2v) is 4.79. The van der Waals surface area contributed by atoms with Crippen LogP contribution in [0.2, 0.25) is 0 Å². The molecule has 0 aromatic heterocycles. The highest BCUT2D eigenvalue weighted by atomic mass is 16.5. The minimum Gasteiger partial charge on any atom is -0.496 e. The third kappa shape index (κ3) is 2.38. The molecular formula is C14H21N3O2. The molecule has 0 saturated heterocycles. The SMILES string of the molecule is COCCN1C(N)=NCC1(C)c1ccccc1OC. The van der Waals surface area contributed by atoms with Crippen LogP contribution in [0.3, 0.4) is 0 Å². The molecule has 0 fully saturated rings. The molecule has 0 spiro atoms. The van der Waals surface area contributed by atoms with E-state index in [1.165, 1.54) is 0 Å². The van der Waals surface area contributed by atoms with E-state index in [1.54, 1.807) is 14.2 Å². The molecule has 1 aromatic rings. The van der Waals surface area contributed by atoms with Crippen LogP contribution in [0, 0.1) is 0 Å². The quantitative estimate of drug-likeness (QED) is 0.867. The third-order valence-corrected chi connectivity index (χ3v) is 3.63. The van der Waals surface area contributed by atoms with Gasteiger partial charge < -0.3 is 20.1 Å². The van der Waals surface area contributed by atoms with Crippen molar-refractivity contribution in [2.45, 2.75) is 12.5 Å². The van der Waals surface area contributed by atoms with Crippen LogP contribution in [0.25, 0.3) is 0 Å². The number of rotatable bonds is 5. The molecule has 1 aliphatic heterocycles. The van der Waals surface area contributed by atoms with E-state index in [0.717, 1.165) is 11.3 Å². The molecule has 0 bridgehead atoms. The summed E-state index contributed by atoms with van der Waals surface area (Å²) in [4.78, 5) is 6.46. The van der Waals surface area contributed by atoms with E-state index >= 15 is 0 Å². The Morgan fingerprint density at radius 3 is 2.79 bits per heavy atom.